The molecule has 0 radical (unpaired) electrons. The number of hydrogen-bond donors (Lipinski definition) is 1. The van der Waals surface area contributed by atoms with Crippen molar-refractivity contribution in [3.05, 3.63) is 76.0 Å². The molecule has 1 fully saturated rings. The van der Waals surface area contributed by atoms with Gasteiger partial charge >= 0.3 is 65.0 Å². The molecule has 2 aromatic heterocycles. The molecule has 1 saturated heterocycles. The largest absolute Gasteiger partial charge is 1.00 e. The smallest absolute Gasteiger partial charge is 0.780 e. The molecular formula is C24H19FN5Na2O8P. The average molecular weight is 601 g/mol. The Morgan fingerprint density at radius 1 is 1.05 bits per heavy atom. The van der Waals surface area contributed by atoms with Crippen molar-refractivity contribution >= 4 is 54.0 Å². The number of phosphoric acid groups is 1. The van der Waals surface area contributed by atoms with E-state index in [9.17, 15) is 24.5 Å². The van der Waals surface area contributed by atoms with Gasteiger partial charge in [-0.1, -0.05) is 0 Å². The van der Waals surface area contributed by atoms with Crippen molar-refractivity contribution in [2.45, 2.75) is 0 Å². The van der Waals surface area contributed by atoms with E-state index in [4.69, 9.17) is 9.15 Å². The number of halogens is 1. The van der Waals surface area contributed by atoms with Crippen LogP contribution < -0.4 is 83.6 Å². The van der Waals surface area contributed by atoms with Gasteiger partial charge in [0.1, 0.15) is 35.9 Å². The van der Waals surface area contributed by atoms with Crippen LogP contribution in [-0.4, -0.2) is 41.2 Å². The first-order valence-corrected chi connectivity index (χ1v) is 13.0. The fourth-order valence-electron chi connectivity index (χ4n) is 3.92. The topological polar surface area (TPSA) is 179 Å². The van der Waals surface area contributed by atoms with Crippen LogP contribution >= 0.6 is 7.82 Å². The van der Waals surface area contributed by atoms with Crippen LogP contribution in [0, 0.1) is 15.9 Å². The number of phosphoric ester groups is 1. The Morgan fingerprint density at radius 2 is 1.76 bits per heavy atom. The van der Waals surface area contributed by atoms with E-state index in [0.717, 1.165) is 0 Å². The predicted octanol–water partition coefficient (Wildman–Crippen LogP) is -2.76. The molecule has 1 aliphatic rings. The number of ether oxygens (including phenoxy) is 1. The van der Waals surface area contributed by atoms with Crippen LogP contribution in [0.4, 0.5) is 27.5 Å². The molecule has 13 nitrogen and oxygen atoms in total. The third kappa shape index (κ3) is 8.58. The zero-order valence-electron chi connectivity index (χ0n) is 22.0. The van der Waals surface area contributed by atoms with E-state index in [2.05, 4.69) is 19.8 Å². The summed E-state index contributed by atoms with van der Waals surface area (Å²) in [6.07, 6.45) is 2.89. The molecule has 0 aliphatic carbocycles. The van der Waals surface area contributed by atoms with Crippen LogP contribution in [0.3, 0.4) is 0 Å². The molecule has 2 aromatic carbocycles. The van der Waals surface area contributed by atoms with E-state index in [1.807, 2.05) is 4.90 Å². The summed E-state index contributed by atoms with van der Waals surface area (Å²) in [5.41, 5.74) is 1.10. The summed E-state index contributed by atoms with van der Waals surface area (Å²) in [4.78, 5) is 42.8. The van der Waals surface area contributed by atoms with Crippen molar-refractivity contribution in [1.82, 2.24) is 9.97 Å². The zero-order chi connectivity index (χ0) is 27.6. The number of nitrogens with zero attached hydrogens (tertiary/aromatic N) is 4. The second-order valence-electron chi connectivity index (χ2n) is 8.30. The third-order valence-electron chi connectivity index (χ3n) is 5.66. The van der Waals surface area contributed by atoms with Gasteiger partial charge in [0.2, 0.25) is 0 Å². The number of nitro groups is 1. The van der Waals surface area contributed by atoms with E-state index in [-0.39, 0.29) is 82.0 Å². The Kier molecular flexibility index (Phi) is 11.5. The number of anilines is 3. The molecule has 1 aliphatic heterocycles. The van der Waals surface area contributed by atoms with Crippen LogP contribution in [0.25, 0.3) is 23.1 Å². The van der Waals surface area contributed by atoms with Crippen LogP contribution in [-0.2, 0) is 9.30 Å². The molecule has 0 amide bonds. The first-order valence-electron chi connectivity index (χ1n) is 11.5. The first-order chi connectivity index (χ1) is 18.6. The van der Waals surface area contributed by atoms with Crippen molar-refractivity contribution in [2.75, 3.05) is 36.5 Å². The van der Waals surface area contributed by atoms with Crippen molar-refractivity contribution in [3.63, 3.8) is 0 Å². The van der Waals surface area contributed by atoms with Gasteiger partial charge in [-0.15, -0.1) is 0 Å². The van der Waals surface area contributed by atoms with Crippen LogP contribution in [0.15, 0.2) is 52.9 Å². The normalized spacial score (nSPS) is 13.5. The number of aromatic nitrogens is 2. The maximum atomic E-state index is 15.2. The standard InChI is InChI=1S/C24H21FN5O8P.2Na/c25-19-14-20-18(13-21(19)29-9-11-36-12-10-29)24(26-15-1-3-17(4-2-15)38-39(33,34)35)28-22(27-20)7-5-16-6-8-23(37-16)30(31)32;;/h1-8,13-14H,9-12H2,(H,26,27,28)(H2,33,34,35);;/q;2*+1/p-2. The summed E-state index contributed by atoms with van der Waals surface area (Å²) < 4.78 is 40.9. The Bertz CT molecular complexity index is 1610. The van der Waals surface area contributed by atoms with E-state index in [0.29, 0.717) is 48.9 Å². The van der Waals surface area contributed by atoms with Crippen LogP contribution in [0.1, 0.15) is 11.6 Å². The Hall–Kier alpha value is -2.36. The quantitative estimate of drug-likeness (QED) is 0.0953. The minimum absolute atomic E-state index is 0. The van der Waals surface area contributed by atoms with E-state index in [1.54, 1.807) is 6.07 Å². The summed E-state index contributed by atoms with van der Waals surface area (Å²) in [7, 11) is -5.21. The summed E-state index contributed by atoms with van der Waals surface area (Å²) >= 11 is 0. The SMILES string of the molecule is O=[N+]([O-])c1ccc(C=Cc2nc(Nc3ccc(OP(=O)([O-])[O-])cc3)c3cc(N4CCOCC4)c(F)cc3n2)o1.[Na+].[Na+]. The van der Waals surface area contributed by atoms with Gasteiger partial charge in [0.05, 0.1) is 30.5 Å². The number of nitrogens with one attached hydrogen (secondary N) is 1. The minimum Gasteiger partial charge on any atom is -0.780 e. The molecule has 0 unspecified atom stereocenters. The van der Waals surface area contributed by atoms with Gasteiger partial charge in [0, 0.05) is 30.2 Å². The first kappa shape index (κ1) is 33.1. The zero-order valence-corrected chi connectivity index (χ0v) is 26.9. The van der Waals surface area contributed by atoms with Crippen molar-refractivity contribution in [1.29, 1.82) is 0 Å². The number of morpholine rings is 1. The Balaban J connectivity index is 0.00000231. The predicted molar refractivity (Wildman–Crippen MR) is 135 cm³/mol. The molecule has 0 bridgehead atoms. The number of rotatable bonds is 8. The van der Waals surface area contributed by atoms with Gasteiger partial charge in [-0.2, -0.15) is 0 Å². The number of hydrogen-bond acceptors (Lipinski definition) is 12. The van der Waals surface area contributed by atoms with Gasteiger partial charge in [0.25, 0.3) is 0 Å². The molecule has 0 saturated carbocycles. The fraction of sp³-hybridized carbons (Fsp3) is 0.167. The van der Waals surface area contributed by atoms with Crippen LogP contribution in [0.2, 0.25) is 0 Å². The number of benzene rings is 2. The second-order valence-corrected chi connectivity index (χ2v) is 9.38. The van der Waals surface area contributed by atoms with Gasteiger partial charge in [-0.3, -0.25) is 10.1 Å². The average Bonchev–Trinajstić information content (AvgIpc) is 3.37. The van der Waals surface area contributed by atoms with E-state index in [1.165, 1.54) is 54.6 Å². The van der Waals surface area contributed by atoms with Crippen molar-refractivity contribution in [3.8, 4) is 5.75 Å². The molecule has 3 heterocycles. The molecule has 5 rings (SSSR count). The van der Waals surface area contributed by atoms with Crippen molar-refractivity contribution < 1.29 is 96.5 Å². The molecular weight excluding hydrogens is 582 g/mol. The summed E-state index contributed by atoms with van der Waals surface area (Å²) in [6.45, 7) is 1.93. The summed E-state index contributed by atoms with van der Waals surface area (Å²) in [6, 6.07) is 11.1. The summed E-state index contributed by atoms with van der Waals surface area (Å²) in [5, 5.41) is 14.5. The van der Waals surface area contributed by atoms with Gasteiger partial charge in [0.15, 0.2) is 5.82 Å². The molecule has 1 N–H and O–H groups in total. The molecule has 0 spiro atoms. The molecule has 0 atom stereocenters. The second kappa shape index (κ2) is 14.2. The molecule has 41 heavy (non-hydrogen) atoms. The third-order valence-corrected chi connectivity index (χ3v) is 6.09. The maximum Gasteiger partial charge on any atom is 1.00 e. The molecule has 4 aromatic rings. The van der Waals surface area contributed by atoms with E-state index >= 15 is 4.39 Å². The van der Waals surface area contributed by atoms with Gasteiger partial charge in [-0.25, -0.2) is 14.4 Å². The number of fused-ring (bicyclic) bond motifs is 1. The molecule has 17 heteroatoms. The van der Waals surface area contributed by atoms with Crippen LogP contribution in [0.5, 0.6) is 5.75 Å². The summed E-state index contributed by atoms with van der Waals surface area (Å²) in [5.74, 6) is -0.418. The molecule has 202 valence electrons. The Morgan fingerprint density at radius 3 is 2.39 bits per heavy atom. The van der Waals surface area contributed by atoms with Crippen molar-refractivity contribution in [2.24, 2.45) is 0 Å². The van der Waals surface area contributed by atoms with Gasteiger partial charge in [-0.05, 0) is 48.6 Å². The van der Waals surface area contributed by atoms with E-state index < -0.39 is 24.4 Å². The maximum absolute atomic E-state index is 15.2. The minimum atomic E-state index is -5.21. The van der Waals surface area contributed by atoms with Gasteiger partial charge < -0.3 is 38.2 Å². The number of furan rings is 1. The Labute approximate surface area is 276 Å². The fourth-order valence-corrected chi connectivity index (χ4v) is 4.30. The monoisotopic (exact) mass is 601 g/mol.